The van der Waals surface area contributed by atoms with Crippen LogP contribution in [0.1, 0.15) is 13.8 Å². The summed E-state index contributed by atoms with van der Waals surface area (Å²) in [6.45, 7) is 4.15. The van der Waals surface area contributed by atoms with Gasteiger partial charge in [0.15, 0.2) is 0 Å². The van der Waals surface area contributed by atoms with E-state index < -0.39 is 0 Å². The molecule has 0 amide bonds. The van der Waals surface area contributed by atoms with Crippen LogP contribution in [-0.4, -0.2) is 18.5 Å². The number of hydrogen-bond donors (Lipinski definition) is 2. The van der Waals surface area contributed by atoms with Crippen LogP contribution in [0.25, 0.3) is 0 Å². The lowest BCUT2D eigenvalue weighted by Gasteiger charge is -2.04. The van der Waals surface area contributed by atoms with Gasteiger partial charge < -0.3 is 16.3 Å². The lowest BCUT2D eigenvalue weighted by molar-refractivity contribution is 0.110. The van der Waals surface area contributed by atoms with Crippen LogP contribution in [0.15, 0.2) is 5.10 Å². The molecule has 0 aromatic heterocycles. The van der Waals surface area contributed by atoms with Gasteiger partial charge in [-0.25, -0.2) is 0 Å². The zero-order valence-electron chi connectivity index (χ0n) is 5.79. The summed E-state index contributed by atoms with van der Waals surface area (Å²) in [5.74, 6) is 5.16. The van der Waals surface area contributed by atoms with Crippen molar-refractivity contribution in [2.75, 3.05) is 6.61 Å². The topological polar surface area (TPSA) is 73.6 Å². The molecule has 0 aromatic carbocycles. The zero-order chi connectivity index (χ0) is 7.28. The Kier molecular flexibility index (Phi) is 3.79. The molecular formula is C5H13N3O. The van der Waals surface area contributed by atoms with Crippen LogP contribution in [-0.2, 0) is 4.74 Å². The summed E-state index contributed by atoms with van der Waals surface area (Å²) in [6.07, 6.45) is 0.172. The fraction of sp³-hybridized carbons (Fsp3) is 0.800. The standard InChI is InChI=1S/C5H13N3O/c1-4(2)9-3-5(6)8-7/h4H,3,7H2,1-2H3,(H2,6,8). The number of hydrogen-bond acceptors (Lipinski definition) is 3. The first-order valence-corrected chi connectivity index (χ1v) is 2.80. The van der Waals surface area contributed by atoms with Gasteiger partial charge >= 0.3 is 0 Å². The van der Waals surface area contributed by atoms with Gasteiger partial charge in [0.2, 0.25) is 0 Å². The summed E-state index contributed by atoms with van der Waals surface area (Å²) in [6, 6.07) is 0. The minimum absolute atomic E-state index is 0.172. The van der Waals surface area contributed by atoms with E-state index in [0.29, 0.717) is 12.4 Å². The third-order valence-electron chi connectivity index (χ3n) is 0.730. The quantitative estimate of drug-likeness (QED) is 0.238. The Morgan fingerprint density at radius 2 is 2.22 bits per heavy atom. The second-order valence-corrected chi connectivity index (χ2v) is 1.98. The van der Waals surface area contributed by atoms with E-state index in [2.05, 4.69) is 5.10 Å². The first-order valence-electron chi connectivity index (χ1n) is 2.80. The van der Waals surface area contributed by atoms with Gasteiger partial charge in [0.1, 0.15) is 12.4 Å². The van der Waals surface area contributed by atoms with Crippen molar-refractivity contribution in [1.82, 2.24) is 0 Å². The molecule has 0 aliphatic rings. The third-order valence-corrected chi connectivity index (χ3v) is 0.730. The number of hydrazone groups is 1. The molecule has 9 heavy (non-hydrogen) atoms. The molecule has 0 atom stereocenters. The van der Waals surface area contributed by atoms with E-state index in [4.69, 9.17) is 16.3 Å². The first kappa shape index (κ1) is 8.23. The number of rotatable bonds is 3. The molecule has 0 saturated heterocycles. The molecule has 0 aromatic rings. The van der Waals surface area contributed by atoms with E-state index in [0.717, 1.165) is 0 Å². The minimum Gasteiger partial charge on any atom is -0.384 e. The monoisotopic (exact) mass is 131 g/mol. The second kappa shape index (κ2) is 4.14. The van der Waals surface area contributed by atoms with Gasteiger partial charge in [-0.2, -0.15) is 5.10 Å². The summed E-state index contributed by atoms with van der Waals surface area (Å²) in [7, 11) is 0. The molecule has 4 nitrogen and oxygen atoms in total. The predicted molar refractivity (Wildman–Crippen MR) is 36.9 cm³/mol. The van der Waals surface area contributed by atoms with Gasteiger partial charge in [-0.1, -0.05) is 0 Å². The maximum atomic E-state index is 5.22. The Balaban J connectivity index is 3.28. The SMILES string of the molecule is CC(C)OC/C(N)=N/N. The number of amidine groups is 1. The molecule has 0 heterocycles. The maximum Gasteiger partial charge on any atom is 0.145 e. The van der Waals surface area contributed by atoms with Crippen LogP contribution in [0.3, 0.4) is 0 Å². The fourth-order valence-electron chi connectivity index (χ4n) is 0.289. The Morgan fingerprint density at radius 3 is 2.56 bits per heavy atom. The van der Waals surface area contributed by atoms with E-state index in [-0.39, 0.29) is 6.10 Å². The van der Waals surface area contributed by atoms with Crippen molar-refractivity contribution >= 4 is 5.84 Å². The van der Waals surface area contributed by atoms with Gasteiger partial charge in [-0.05, 0) is 13.8 Å². The highest BCUT2D eigenvalue weighted by atomic mass is 16.5. The highest BCUT2D eigenvalue weighted by molar-refractivity contribution is 5.81. The summed E-state index contributed by atoms with van der Waals surface area (Å²) in [5, 5.41) is 3.23. The molecule has 4 heteroatoms. The van der Waals surface area contributed by atoms with Crippen molar-refractivity contribution in [3.8, 4) is 0 Å². The van der Waals surface area contributed by atoms with Crippen molar-refractivity contribution in [2.45, 2.75) is 20.0 Å². The number of ether oxygens (including phenoxy) is 1. The smallest absolute Gasteiger partial charge is 0.145 e. The first-order chi connectivity index (χ1) is 4.16. The average Bonchev–Trinajstić information content (AvgIpc) is 1.83. The Hall–Kier alpha value is -0.770. The fourth-order valence-corrected chi connectivity index (χ4v) is 0.289. The Morgan fingerprint density at radius 1 is 1.67 bits per heavy atom. The molecule has 0 rings (SSSR count). The van der Waals surface area contributed by atoms with Gasteiger partial charge in [0.25, 0.3) is 0 Å². The van der Waals surface area contributed by atoms with Crippen molar-refractivity contribution in [3.05, 3.63) is 0 Å². The normalized spacial score (nSPS) is 12.6. The Labute approximate surface area is 54.9 Å². The molecule has 4 N–H and O–H groups in total. The van der Waals surface area contributed by atoms with Crippen LogP contribution >= 0.6 is 0 Å². The molecule has 0 aliphatic heterocycles. The van der Waals surface area contributed by atoms with E-state index in [1.165, 1.54) is 0 Å². The van der Waals surface area contributed by atoms with E-state index in [9.17, 15) is 0 Å². The molecule has 0 aliphatic carbocycles. The zero-order valence-corrected chi connectivity index (χ0v) is 5.79. The van der Waals surface area contributed by atoms with Crippen molar-refractivity contribution in [1.29, 1.82) is 0 Å². The largest absolute Gasteiger partial charge is 0.384 e. The van der Waals surface area contributed by atoms with Gasteiger partial charge in [-0.15, -0.1) is 0 Å². The van der Waals surface area contributed by atoms with Crippen molar-refractivity contribution in [2.24, 2.45) is 16.7 Å². The van der Waals surface area contributed by atoms with Crippen LogP contribution < -0.4 is 11.6 Å². The van der Waals surface area contributed by atoms with E-state index >= 15 is 0 Å². The van der Waals surface area contributed by atoms with Gasteiger partial charge in [0, 0.05) is 0 Å². The van der Waals surface area contributed by atoms with Crippen molar-refractivity contribution < 1.29 is 4.74 Å². The van der Waals surface area contributed by atoms with Crippen LogP contribution in [0.4, 0.5) is 0 Å². The molecule has 0 spiro atoms. The van der Waals surface area contributed by atoms with Crippen molar-refractivity contribution in [3.63, 3.8) is 0 Å². The van der Waals surface area contributed by atoms with E-state index in [1.807, 2.05) is 13.8 Å². The highest BCUT2D eigenvalue weighted by Gasteiger charge is 1.94. The maximum absolute atomic E-state index is 5.22. The average molecular weight is 131 g/mol. The lowest BCUT2D eigenvalue weighted by atomic mass is 10.5. The lowest BCUT2D eigenvalue weighted by Crippen LogP contribution is -2.22. The van der Waals surface area contributed by atoms with E-state index in [1.54, 1.807) is 0 Å². The summed E-state index contributed by atoms with van der Waals surface area (Å²) in [4.78, 5) is 0. The minimum atomic E-state index is 0.172. The molecule has 0 saturated carbocycles. The van der Waals surface area contributed by atoms with Crippen LogP contribution in [0, 0.1) is 0 Å². The number of nitrogens with two attached hydrogens (primary N) is 2. The molecular weight excluding hydrogens is 118 g/mol. The Bertz CT molecular complexity index is 100. The molecule has 0 bridgehead atoms. The summed E-state index contributed by atoms with van der Waals surface area (Å²) < 4.78 is 5.06. The third kappa shape index (κ3) is 5.10. The second-order valence-electron chi connectivity index (χ2n) is 1.98. The van der Waals surface area contributed by atoms with Gasteiger partial charge in [0.05, 0.1) is 6.10 Å². The highest BCUT2D eigenvalue weighted by Crippen LogP contribution is 1.84. The predicted octanol–water partition coefficient (Wildman–Crippen LogP) is -0.358. The van der Waals surface area contributed by atoms with Gasteiger partial charge in [-0.3, -0.25) is 0 Å². The van der Waals surface area contributed by atoms with Crippen LogP contribution in [0.2, 0.25) is 0 Å². The van der Waals surface area contributed by atoms with Crippen LogP contribution in [0.5, 0.6) is 0 Å². The molecule has 0 radical (unpaired) electrons. The molecule has 0 unspecified atom stereocenters. The summed E-state index contributed by atoms with van der Waals surface area (Å²) in [5.41, 5.74) is 5.22. The molecule has 54 valence electrons. The summed E-state index contributed by atoms with van der Waals surface area (Å²) >= 11 is 0. The molecule has 0 fully saturated rings. The number of nitrogens with zero attached hydrogens (tertiary/aromatic N) is 1.